The lowest BCUT2D eigenvalue weighted by molar-refractivity contribution is 0.721. The first-order chi connectivity index (χ1) is 11.4. The molecule has 0 spiro atoms. The molecule has 2 N–H and O–H groups in total. The van der Waals surface area contributed by atoms with Crippen LogP contribution < -0.4 is 10.6 Å². The molecule has 0 saturated heterocycles. The van der Waals surface area contributed by atoms with Crippen LogP contribution in [0.2, 0.25) is 0 Å². The zero-order valence-electron chi connectivity index (χ0n) is 15.3. The molecule has 0 heterocycles. The Bertz CT molecular complexity index is 657. The van der Waals surface area contributed by atoms with Gasteiger partial charge in [0.05, 0.1) is 6.04 Å². The van der Waals surface area contributed by atoms with E-state index in [2.05, 4.69) is 93.8 Å². The summed E-state index contributed by atoms with van der Waals surface area (Å²) in [6.07, 6.45) is 0. The van der Waals surface area contributed by atoms with Crippen molar-refractivity contribution in [3.05, 3.63) is 65.2 Å². The number of nitrogens with one attached hydrogen (secondary N) is 2. The second-order valence-electron chi connectivity index (χ2n) is 6.92. The first-order valence-corrected chi connectivity index (χ1v) is 9.05. The molecule has 0 saturated carbocycles. The molecule has 0 bridgehead atoms. The first-order valence-electron chi connectivity index (χ1n) is 8.64. The van der Waals surface area contributed by atoms with Gasteiger partial charge < -0.3 is 10.6 Å². The van der Waals surface area contributed by atoms with Crippen molar-refractivity contribution in [1.82, 2.24) is 5.32 Å². The zero-order chi connectivity index (χ0) is 17.7. The van der Waals surface area contributed by atoms with Crippen molar-refractivity contribution in [2.24, 2.45) is 0 Å². The van der Waals surface area contributed by atoms with Gasteiger partial charge in [-0.3, -0.25) is 0 Å². The minimum atomic E-state index is 0.168. The van der Waals surface area contributed by atoms with Crippen molar-refractivity contribution in [1.29, 1.82) is 0 Å². The van der Waals surface area contributed by atoms with Crippen LogP contribution in [-0.2, 0) is 0 Å². The van der Waals surface area contributed by atoms with Crippen LogP contribution in [0.4, 0.5) is 5.69 Å². The Morgan fingerprint density at radius 2 is 1.12 bits per heavy atom. The maximum atomic E-state index is 5.44. The Balaban J connectivity index is 1.93. The van der Waals surface area contributed by atoms with Crippen molar-refractivity contribution in [3.8, 4) is 0 Å². The molecule has 0 aliphatic rings. The third kappa shape index (κ3) is 5.07. The second-order valence-corrected chi connectivity index (χ2v) is 7.33. The average Bonchev–Trinajstić information content (AvgIpc) is 2.55. The van der Waals surface area contributed by atoms with Gasteiger partial charge in [0.2, 0.25) is 0 Å². The monoisotopic (exact) mass is 340 g/mol. The van der Waals surface area contributed by atoms with Crippen LogP contribution >= 0.6 is 12.2 Å². The summed E-state index contributed by atoms with van der Waals surface area (Å²) in [4.78, 5) is 0. The van der Waals surface area contributed by atoms with E-state index >= 15 is 0 Å². The highest BCUT2D eigenvalue weighted by Gasteiger charge is 2.08. The number of anilines is 1. The van der Waals surface area contributed by atoms with E-state index in [1.807, 2.05) is 0 Å². The van der Waals surface area contributed by atoms with Crippen molar-refractivity contribution < 1.29 is 0 Å². The van der Waals surface area contributed by atoms with Crippen LogP contribution in [0.3, 0.4) is 0 Å². The maximum absolute atomic E-state index is 5.44. The third-order valence-electron chi connectivity index (χ3n) is 4.29. The van der Waals surface area contributed by atoms with Crippen LogP contribution in [0, 0.1) is 0 Å². The molecule has 128 valence electrons. The highest BCUT2D eigenvalue weighted by molar-refractivity contribution is 7.80. The zero-order valence-corrected chi connectivity index (χ0v) is 16.1. The van der Waals surface area contributed by atoms with E-state index in [1.54, 1.807) is 0 Å². The molecule has 1 atom stereocenters. The van der Waals surface area contributed by atoms with Crippen LogP contribution in [-0.4, -0.2) is 5.11 Å². The molecule has 0 amide bonds. The molecule has 3 heteroatoms. The van der Waals surface area contributed by atoms with Gasteiger partial charge in [-0.2, -0.15) is 0 Å². The normalized spacial score (nSPS) is 12.3. The molecular formula is C21H28N2S. The lowest BCUT2D eigenvalue weighted by Crippen LogP contribution is -2.30. The van der Waals surface area contributed by atoms with Gasteiger partial charge in [0.1, 0.15) is 0 Å². The number of hydrogen-bond donors (Lipinski definition) is 2. The van der Waals surface area contributed by atoms with Gasteiger partial charge in [-0.25, -0.2) is 0 Å². The minimum absolute atomic E-state index is 0.168. The molecule has 0 aromatic heterocycles. The van der Waals surface area contributed by atoms with Gasteiger partial charge in [0.25, 0.3) is 0 Å². The van der Waals surface area contributed by atoms with Crippen LogP contribution in [0.25, 0.3) is 0 Å². The fourth-order valence-electron chi connectivity index (χ4n) is 2.57. The Hall–Kier alpha value is -1.87. The van der Waals surface area contributed by atoms with E-state index in [-0.39, 0.29) is 6.04 Å². The van der Waals surface area contributed by atoms with E-state index in [0.717, 1.165) is 5.69 Å². The highest BCUT2D eigenvalue weighted by Crippen LogP contribution is 2.19. The molecule has 0 fully saturated rings. The molecule has 0 unspecified atom stereocenters. The van der Waals surface area contributed by atoms with E-state index in [0.29, 0.717) is 16.9 Å². The van der Waals surface area contributed by atoms with Gasteiger partial charge >= 0.3 is 0 Å². The summed E-state index contributed by atoms with van der Waals surface area (Å²) in [5.41, 5.74) is 4.94. The smallest absolute Gasteiger partial charge is 0.171 e. The summed E-state index contributed by atoms with van der Waals surface area (Å²) in [6, 6.07) is 17.3. The average molecular weight is 341 g/mol. The predicted molar refractivity (Wildman–Crippen MR) is 109 cm³/mol. The SMILES string of the molecule is CC(C)c1ccc(NC(=S)N[C@H](C)c2ccc(C(C)C)cc2)cc1. The Morgan fingerprint density at radius 3 is 1.58 bits per heavy atom. The summed E-state index contributed by atoms with van der Waals surface area (Å²) in [5, 5.41) is 7.26. The number of rotatable bonds is 5. The molecule has 2 rings (SSSR count). The molecule has 2 aromatic rings. The van der Waals surface area contributed by atoms with Gasteiger partial charge in [-0.1, -0.05) is 64.1 Å². The summed E-state index contributed by atoms with van der Waals surface area (Å²) in [6.45, 7) is 10.9. The largest absolute Gasteiger partial charge is 0.356 e. The van der Waals surface area contributed by atoms with Crippen molar-refractivity contribution in [3.63, 3.8) is 0 Å². The van der Waals surface area contributed by atoms with Crippen molar-refractivity contribution >= 4 is 23.0 Å². The summed E-state index contributed by atoms with van der Waals surface area (Å²) in [7, 11) is 0. The topological polar surface area (TPSA) is 24.1 Å². The van der Waals surface area contributed by atoms with Crippen LogP contribution in [0.15, 0.2) is 48.5 Å². The second kappa shape index (κ2) is 8.29. The van der Waals surface area contributed by atoms with Crippen molar-refractivity contribution in [2.75, 3.05) is 5.32 Å². The van der Waals surface area contributed by atoms with Gasteiger partial charge in [0.15, 0.2) is 5.11 Å². The first kappa shape index (κ1) is 18.5. The van der Waals surface area contributed by atoms with E-state index < -0.39 is 0 Å². The summed E-state index contributed by atoms with van der Waals surface area (Å²) >= 11 is 5.44. The van der Waals surface area contributed by atoms with Gasteiger partial charge in [0, 0.05) is 5.69 Å². The molecule has 0 aliphatic carbocycles. The molecule has 2 aromatic carbocycles. The van der Waals surface area contributed by atoms with Crippen molar-refractivity contribution in [2.45, 2.75) is 52.5 Å². The Kier molecular flexibility index (Phi) is 6.38. The Labute approximate surface area is 151 Å². The number of hydrogen-bond acceptors (Lipinski definition) is 1. The maximum Gasteiger partial charge on any atom is 0.171 e. The number of thiocarbonyl (C=S) groups is 1. The molecule has 0 aliphatic heterocycles. The quantitative estimate of drug-likeness (QED) is 0.655. The fraction of sp³-hybridized carbons (Fsp3) is 0.381. The third-order valence-corrected chi connectivity index (χ3v) is 4.51. The van der Waals surface area contributed by atoms with E-state index in [1.165, 1.54) is 16.7 Å². The fourth-order valence-corrected chi connectivity index (χ4v) is 2.86. The van der Waals surface area contributed by atoms with E-state index in [9.17, 15) is 0 Å². The standard InChI is InChI=1S/C21H28N2S/c1-14(2)17-6-8-19(9-7-17)16(5)22-21(24)23-20-12-10-18(11-13-20)15(3)4/h6-16H,1-5H3,(H2,22,23,24)/t16-/m1/s1. The molecular weight excluding hydrogens is 312 g/mol. The number of benzene rings is 2. The predicted octanol–water partition coefficient (Wildman–Crippen LogP) is 5.98. The lowest BCUT2D eigenvalue weighted by Gasteiger charge is -2.18. The lowest BCUT2D eigenvalue weighted by atomic mass is 10.00. The molecule has 0 radical (unpaired) electrons. The van der Waals surface area contributed by atoms with Gasteiger partial charge in [-0.15, -0.1) is 0 Å². The van der Waals surface area contributed by atoms with Crippen LogP contribution in [0.1, 0.15) is 69.2 Å². The Morgan fingerprint density at radius 1 is 0.708 bits per heavy atom. The molecule has 2 nitrogen and oxygen atoms in total. The van der Waals surface area contributed by atoms with Crippen LogP contribution in [0.5, 0.6) is 0 Å². The minimum Gasteiger partial charge on any atom is -0.356 e. The highest BCUT2D eigenvalue weighted by atomic mass is 32.1. The molecule has 24 heavy (non-hydrogen) atoms. The summed E-state index contributed by atoms with van der Waals surface area (Å²) in [5.74, 6) is 1.09. The van der Waals surface area contributed by atoms with Gasteiger partial charge in [-0.05, 0) is 59.8 Å². The summed E-state index contributed by atoms with van der Waals surface area (Å²) < 4.78 is 0. The van der Waals surface area contributed by atoms with E-state index in [4.69, 9.17) is 12.2 Å².